The second-order valence-electron chi connectivity index (χ2n) is 4.68. The fourth-order valence-corrected chi connectivity index (χ4v) is 1.80. The van der Waals surface area contributed by atoms with E-state index in [2.05, 4.69) is 52.1 Å². The fraction of sp³-hybridized carbons (Fsp3) is 0.500. The molecule has 2 aromatic rings. The van der Waals surface area contributed by atoms with E-state index in [0.29, 0.717) is 11.8 Å². The lowest BCUT2D eigenvalue weighted by atomic mass is 9.98. The second-order valence-corrected chi connectivity index (χ2v) is 5.53. The first-order valence-corrected chi connectivity index (χ1v) is 6.61. The molecule has 0 aromatic carbocycles. The van der Waals surface area contributed by atoms with Gasteiger partial charge in [-0.3, -0.25) is 0 Å². The number of fused-ring (bicyclic) bond motifs is 1. The summed E-state index contributed by atoms with van der Waals surface area (Å²) in [6.45, 7) is 7.64. The van der Waals surface area contributed by atoms with Gasteiger partial charge >= 0.3 is 0 Å². The van der Waals surface area contributed by atoms with Crippen molar-refractivity contribution in [3.8, 4) is 0 Å². The standard InChI is InChI=1S/C12H17BrN4/c1-8(2)9(3)6-14-11-4-5-17-12(16-11)10(13)7-15-17/h4-5,7-9H,6H2,1-3H3,(H,14,16). The lowest BCUT2D eigenvalue weighted by Crippen LogP contribution is -2.17. The Morgan fingerprint density at radius 3 is 2.88 bits per heavy atom. The van der Waals surface area contributed by atoms with Crippen molar-refractivity contribution in [2.24, 2.45) is 11.8 Å². The van der Waals surface area contributed by atoms with Crippen molar-refractivity contribution < 1.29 is 0 Å². The lowest BCUT2D eigenvalue weighted by molar-refractivity contribution is 0.439. The average Bonchev–Trinajstić information content (AvgIpc) is 2.68. The molecule has 0 radical (unpaired) electrons. The minimum atomic E-state index is 0.626. The van der Waals surface area contributed by atoms with E-state index in [1.54, 1.807) is 10.7 Å². The molecule has 17 heavy (non-hydrogen) atoms. The predicted molar refractivity (Wildman–Crippen MR) is 73.2 cm³/mol. The SMILES string of the molecule is CC(C)C(C)CNc1ccn2ncc(Br)c2n1. The highest BCUT2D eigenvalue weighted by atomic mass is 79.9. The van der Waals surface area contributed by atoms with Crippen LogP contribution in [0.1, 0.15) is 20.8 Å². The fourth-order valence-electron chi connectivity index (χ4n) is 1.44. The van der Waals surface area contributed by atoms with Crippen LogP contribution in [0.4, 0.5) is 5.82 Å². The van der Waals surface area contributed by atoms with Crippen molar-refractivity contribution in [2.45, 2.75) is 20.8 Å². The Bertz CT molecular complexity index is 506. The van der Waals surface area contributed by atoms with Crippen LogP contribution in [0.25, 0.3) is 5.65 Å². The molecule has 2 aromatic heterocycles. The monoisotopic (exact) mass is 296 g/mol. The van der Waals surface area contributed by atoms with Gasteiger partial charge in [-0.15, -0.1) is 0 Å². The predicted octanol–water partition coefficient (Wildman–Crippen LogP) is 3.20. The number of halogens is 1. The number of rotatable bonds is 4. The summed E-state index contributed by atoms with van der Waals surface area (Å²) in [6, 6.07) is 1.94. The Balaban J connectivity index is 2.11. The summed E-state index contributed by atoms with van der Waals surface area (Å²) in [4.78, 5) is 4.51. The largest absolute Gasteiger partial charge is 0.370 e. The topological polar surface area (TPSA) is 42.2 Å². The summed E-state index contributed by atoms with van der Waals surface area (Å²) in [5, 5.41) is 7.52. The maximum Gasteiger partial charge on any atom is 0.171 e. The van der Waals surface area contributed by atoms with Gasteiger partial charge in [0.25, 0.3) is 0 Å². The van der Waals surface area contributed by atoms with Gasteiger partial charge in [0.15, 0.2) is 5.65 Å². The maximum absolute atomic E-state index is 4.51. The summed E-state index contributed by atoms with van der Waals surface area (Å²) in [6.07, 6.45) is 3.67. The molecule has 92 valence electrons. The molecule has 4 nitrogen and oxygen atoms in total. The van der Waals surface area contributed by atoms with E-state index in [0.717, 1.165) is 22.5 Å². The van der Waals surface area contributed by atoms with E-state index in [-0.39, 0.29) is 0 Å². The van der Waals surface area contributed by atoms with Crippen molar-refractivity contribution >= 4 is 27.4 Å². The minimum Gasteiger partial charge on any atom is -0.370 e. The molecule has 1 N–H and O–H groups in total. The molecular formula is C12H17BrN4. The minimum absolute atomic E-state index is 0.626. The van der Waals surface area contributed by atoms with Crippen molar-refractivity contribution in [1.82, 2.24) is 14.6 Å². The van der Waals surface area contributed by atoms with Gasteiger partial charge in [0.05, 0.1) is 10.7 Å². The van der Waals surface area contributed by atoms with Crippen LogP contribution in [0.15, 0.2) is 22.9 Å². The summed E-state index contributed by atoms with van der Waals surface area (Å²) in [5.41, 5.74) is 0.840. The molecule has 0 aliphatic rings. The number of aromatic nitrogens is 3. The van der Waals surface area contributed by atoms with E-state index < -0.39 is 0 Å². The zero-order valence-corrected chi connectivity index (χ0v) is 11.9. The number of hydrogen-bond acceptors (Lipinski definition) is 3. The van der Waals surface area contributed by atoms with E-state index in [1.807, 2.05) is 12.3 Å². The van der Waals surface area contributed by atoms with Crippen molar-refractivity contribution in [2.75, 3.05) is 11.9 Å². The van der Waals surface area contributed by atoms with Gasteiger partial charge in [0, 0.05) is 12.7 Å². The van der Waals surface area contributed by atoms with Crippen LogP contribution < -0.4 is 5.32 Å². The van der Waals surface area contributed by atoms with Crippen LogP contribution >= 0.6 is 15.9 Å². The van der Waals surface area contributed by atoms with E-state index >= 15 is 0 Å². The molecule has 5 heteroatoms. The van der Waals surface area contributed by atoms with E-state index in [9.17, 15) is 0 Å². The highest BCUT2D eigenvalue weighted by Gasteiger charge is 2.08. The summed E-state index contributed by atoms with van der Waals surface area (Å²) in [5.74, 6) is 2.19. The zero-order chi connectivity index (χ0) is 12.4. The first-order valence-electron chi connectivity index (χ1n) is 5.81. The normalized spacial score (nSPS) is 13.2. The third-order valence-corrected chi connectivity index (χ3v) is 3.63. The summed E-state index contributed by atoms with van der Waals surface area (Å²) in [7, 11) is 0. The second kappa shape index (κ2) is 5.04. The number of nitrogens with zero attached hydrogens (tertiary/aromatic N) is 3. The van der Waals surface area contributed by atoms with Crippen LogP contribution in [0.3, 0.4) is 0 Å². The van der Waals surface area contributed by atoms with Crippen LogP contribution in [0.5, 0.6) is 0 Å². The van der Waals surface area contributed by atoms with Crippen LogP contribution in [0, 0.1) is 11.8 Å². The Labute approximate surface area is 110 Å². The van der Waals surface area contributed by atoms with E-state index in [1.165, 1.54) is 0 Å². The first-order chi connectivity index (χ1) is 8.08. The van der Waals surface area contributed by atoms with Gasteiger partial charge in [-0.05, 0) is 33.8 Å². The molecule has 1 unspecified atom stereocenters. The number of hydrogen-bond donors (Lipinski definition) is 1. The molecule has 0 spiro atoms. The van der Waals surface area contributed by atoms with Gasteiger partial charge in [-0.25, -0.2) is 9.50 Å². The molecule has 0 aliphatic carbocycles. The van der Waals surface area contributed by atoms with Gasteiger partial charge in [0.1, 0.15) is 5.82 Å². The third-order valence-electron chi connectivity index (χ3n) is 3.07. The maximum atomic E-state index is 4.51. The van der Waals surface area contributed by atoms with Gasteiger partial charge in [0.2, 0.25) is 0 Å². The molecule has 1 atom stereocenters. The van der Waals surface area contributed by atoms with Crippen LogP contribution in [0.2, 0.25) is 0 Å². The van der Waals surface area contributed by atoms with Crippen LogP contribution in [-0.2, 0) is 0 Å². The summed E-state index contributed by atoms with van der Waals surface area (Å²) >= 11 is 3.43. The zero-order valence-electron chi connectivity index (χ0n) is 10.3. The Morgan fingerprint density at radius 2 is 2.18 bits per heavy atom. The number of nitrogens with one attached hydrogen (secondary N) is 1. The molecule has 0 fully saturated rings. The van der Waals surface area contributed by atoms with Gasteiger partial charge in [-0.2, -0.15) is 5.10 Å². The lowest BCUT2D eigenvalue weighted by Gasteiger charge is -2.16. The van der Waals surface area contributed by atoms with Crippen LogP contribution in [-0.4, -0.2) is 21.1 Å². The first kappa shape index (κ1) is 12.4. The molecular weight excluding hydrogens is 280 g/mol. The smallest absolute Gasteiger partial charge is 0.171 e. The average molecular weight is 297 g/mol. The highest BCUT2D eigenvalue weighted by molar-refractivity contribution is 9.10. The molecule has 0 saturated heterocycles. The molecule has 2 rings (SSSR count). The number of anilines is 1. The molecule has 0 aliphatic heterocycles. The Kier molecular flexibility index (Phi) is 3.66. The van der Waals surface area contributed by atoms with E-state index in [4.69, 9.17) is 0 Å². The van der Waals surface area contributed by atoms with Crippen molar-refractivity contribution in [3.63, 3.8) is 0 Å². The van der Waals surface area contributed by atoms with Gasteiger partial charge < -0.3 is 5.32 Å². The highest BCUT2D eigenvalue weighted by Crippen LogP contribution is 2.17. The van der Waals surface area contributed by atoms with Crippen molar-refractivity contribution in [3.05, 3.63) is 22.9 Å². The third kappa shape index (κ3) is 2.77. The quantitative estimate of drug-likeness (QED) is 0.942. The Morgan fingerprint density at radius 1 is 1.41 bits per heavy atom. The molecule has 0 bridgehead atoms. The molecule has 2 heterocycles. The van der Waals surface area contributed by atoms with Gasteiger partial charge in [-0.1, -0.05) is 20.8 Å². The summed E-state index contributed by atoms with van der Waals surface area (Å²) < 4.78 is 2.67. The van der Waals surface area contributed by atoms with Crippen molar-refractivity contribution in [1.29, 1.82) is 0 Å². The molecule has 0 saturated carbocycles. The Hall–Kier alpha value is -1.10. The molecule has 0 amide bonds.